The standard InChI is InChI=1S/C24H19N5O4S/c1-28(17-9-3-2-4-10-17)34(32,33)18-11-7-8-16(14-18)26-24(31)20-15-25-29-21-13-6-5-12-19(21)23(30)27-22(20)29/h2-15H,1H3,(H,26,31)(H,27,30). The van der Waals surface area contributed by atoms with Gasteiger partial charge in [0.15, 0.2) is 0 Å². The third-order valence-corrected chi connectivity index (χ3v) is 7.27. The van der Waals surface area contributed by atoms with Gasteiger partial charge in [0.25, 0.3) is 21.5 Å². The van der Waals surface area contributed by atoms with Gasteiger partial charge in [-0.2, -0.15) is 5.10 Å². The van der Waals surface area contributed by atoms with Crippen LogP contribution in [0.4, 0.5) is 11.4 Å². The van der Waals surface area contributed by atoms with E-state index in [1.165, 1.54) is 34.2 Å². The topological polar surface area (TPSA) is 117 Å². The van der Waals surface area contributed by atoms with Gasteiger partial charge in [-0.15, -0.1) is 0 Å². The Bertz CT molecular complexity index is 1710. The number of H-pyrrole nitrogens is 1. The van der Waals surface area contributed by atoms with Gasteiger partial charge in [-0.25, -0.2) is 12.9 Å². The van der Waals surface area contributed by atoms with Crippen molar-refractivity contribution in [1.82, 2.24) is 14.6 Å². The zero-order chi connectivity index (χ0) is 23.9. The molecule has 5 rings (SSSR count). The van der Waals surface area contributed by atoms with Crippen LogP contribution in [0.15, 0.2) is 94.7 Å². The quantitative estimate of drug-likeness (QED) is 0.406. The van der Waals surface area contributed by atoms with Crippen molar-refractivity contribution in [3.05, 3.63) is 101 Å². The Morgan fingerprint density at radius 2 is 1.74 bits per heavy atom. The fourth-order valence-corrected chi connectivity index (χ4v) is 4.95. The fourth-order valence-electron chi connectivity index (χ4n) is 3.71. The first-order chi connectivity index (χ1) is 16.4. The van der Waals surface area contributed by atoms with E-state index in [1.54, 1.807) is 66.7 Å². The molecule has 0 fully saturated rings. The highest BCUT2D eigenvalue weighted by Gasteiger charge is 2.22. The number of para-hydroxylation sites is 2. The minimum atomic E-state index is -3.85. The summed E-state index contributed by atoms with van der Waals surface area (Å²) in [6, 6.07) is 21.6. The van der Waals surface area contributed by atoms with Gasteiger partial charge >= 0.3 is 0 Å². The van der Waals surface area contributed by atoms with E-state index in [9.17, 15) is 18.0 Å². The number of aromatic nitrogens is 3. The number of carbonyl (C=O) groups excluding carboxylic acids is 1. The summed E-state index contributed by atoms with van der Waals surface area (Å²) in [5.41, 5.74) is 1.42. The second-order valence-electron chi connectivity index (χ2n) is 7.58. The maximum atomic E-state index is 13.1. The molecule has 170 valence electrons. The monoisotopic (exact) mass is 473 g/mol. The first-order valence-electron chi connectivity index (χ1n) is 10.3. The summed E-state index contributed by atoms with van der Waals surface area (Å²) in [6.45, 7) is 0. The number of amides is 1. The molecule has 34 heavy (non-hydrogen) atoms. The number of fused-ring (bicyclic) bond motifs is 3. The van der Waals surface area contributed by atoms with Crippen LogP contribution in [0.3, 0.4) is 0 Å². The average Bonchev–Trinajstić information content (AvgIpc) is 3.28. The number of benzene rings is 3. The summed E-state index contributed by atoms with van der Waals surface area (Å²) in [5, 5.41) is 7.39. The number of sulfonamides is 1. The molecule has 0 unspecified atom stereocenters. The summed E-state index contributed by atoms with van der Waals surface area (Å²) in [4.78, 5) is 28.2. The maximum absolute atomic E-state index is 13.1. The van der Waals surface area contributed by atoms with Gasteiger partial charge in [0, 0.05) is 12.7 Å². The molecular formula is C24H19N5O4S. The molecule has 5 aromatic rings. The van der Waals surface area contributed by atoms with Crippen LogP contribution in [0.1, 0.15) is 10.4 Å². The zero-order valence-electron chi connectivity index (χ0n) is 18.0. The van der Waals surface area contributed by atoms with E-state index in [-0.39, 0.29) is 27.4 Å². The third-order valence-electron chi connectivity index (χ3n) is 5.49. The number of anilines is 2. The van der Waals surface area contributed by atoms with Crippen molar-refractivity contribution in [3.8, 4) is 0 Å². The number of rotatable bonds is 5. The van der Waals surface area contributed by atoms with Crippen molar-refractivity contribution < 1.29 is 13.2 Å². The molecule has 0 bridgehead atoms. The lowest BCUT2D eigenvalue weighted by molar-refractivity contribution is 0.102. The number of hydrogen-bond acceptors (Lipinski definition) is 5. The molecule has 1 amide bonds. The van der Waals surface area contributed by atoms with Gasteiger partial charge in [0.2, 0.25) is 0 Å². The molecule has 0 saturated carbocycles. The molecule has 10 heteroatoms. The Morgan fingerprint density at radius 1 is 1.00 bits per heavy atom. The Morgan fingerprint density at radius 3 is 2.53 bits per heavy atom. The van der Waals surface area contributed by atoms with Crippen LogP contribution < -0.4 is 15.2 Å². The molecule has 0 radical (unpaired) electrons. The largest absolute Gasteiger partial charge is 0.322 e. The highest BCUT2D eigenvalue weighted by atomic mass is 32.2. The van der Waals surface area contributed by atoms with Crippen molar-refractivity contribution in [2.24, 2.45) is 0 Å². The van der Waals surface area contributed by atoms with E-state index >= 15 is 0 Å². The first kappa shape index (κ1) is 21.4. The predicted octanol–water partition coefficient (Wildman–Crippen LogP) is 3.25. The fraction of sp³-hybridized carbons (Fsp3) is 0.0417. The smallest absolute Gasteiger partial charge is 0.264 e. The zero-order valence-corrected chi connectivity index (χ0v) is 18.8. The van der Waals surface area contributed by atoms with Crippen molar-refractivity contribution in [2.75, 3.05) is 16.7 Å². The second-order valence-corrected chi connectivity index (χ2v) is 9.55. The minimum absolute atomic E-state index is 0.0240. The Hall–Kier alpha value is -4.44. The lowest BCUT2D eigenvalue weighted by Crippen LogP contribution is -2.26. The Kier molecular flexibility index (Phi) is 5.14. The minimum Gasteiger partial charge on any atom is -0.322 e. The van der Waals surface area contributed by atoms with Crippen LogP contribution in [-0.4, -0.2) is 36.0 Å². The second kappa shape index (κ2) is 8.16. The van der Waals surface area contributed by atoms with Gasteiger partial charge in [-0.05, 0) is 42.5 Å². The number of hydrogen-bond donors (Lipinski definition) is 2. The molecule has 2 N–H and O–H groups in total. The molecule has 2 aromatic heterocycles. The van der Waals surface area contributed by atoms with E-state index in [0.717, 1.165) is 0 Å². The molecular weight excluding hydrogens is 454 g/mol. The Balaban J connectivity index is 1.47. The van der Waals surface area contributed by atoms with Gasteiger partial charge in [-0.3, -0.25) is 13.9 Å². The van der Waals surface area contributed by atoms with E-state index in [4.69, 9.17) is 0 Å². The summed E-state index contributed by atoms with van der Waals surface area (Å²) >= 11 is 0. The van der Waals surface area contributed by atoms with Crippen molar-refractivity contribution in [2.45, 2.75) is 4.90 Å². The van der Waals surface area contributed by atoms with Crippen LogP contribution in [0.25, 0.3) is 16.6 Å². The van der Waals surface area contributed by atoms with Crippen LogP contribution >= 0.6 is 0 Å². The molecule has 0 aliphatic heterocycles. The predicted molar refractivity (Wildman–Crippen MR) is 130 cm³/mol. The highest BCUT2D eigenvalue weighted by Crippen LogP contribution is 2.24. The van der Waals surface area contributed by atoms with E-state index in [1.807, 2.05) is 0 Å². The molecule has 0 spiro atoms. The van der Waals surface area contributed by atoms with Gasteiger partial charge in [0.1, 0.15) is 11.2 Å². The van der Waals surface area contributed by atoms with Gasteiger partial charge in [0.05, 0.1) is 27.7 Å². The van der Waals surface area contributed by atoms with Crippen LogP contribution in [-0.2, 0) is 10.0 Å². The third kappa shape index (κ3) is 3.59. The highest BCUT2D eigenvalue weighted by molar-refractivity contribution is 7.92. The van der Waals surface area contributed by atoms with E-state index in [0.29, 0.717) is 16.6 Å². The summed E-state index contributed by atoms with van der Waals surface area (Å²) in [7, 11) is -2.38. The number of nitrogens with one attached hydrogen (secondary N) is 2. The summed E-state index contributed by atoms with van der Waals surface area (Å²) in [6.07, 6.45) is 1.36. The van der Waals surface area contributed by atoms with Gasteiger partial charge in [-0.1, -0.05) is 36.4 Å². The number of aromatic amines is 1. The Labute approximate surface area is 194 Å². The molecule has 0 saturated heterocycles. The lowest BCUT2D eigenvalue weighted by Gasteiger charge is -2.19. The molecule has 0 atom stereocenters. The maximum Gasteiger partial charge on any atom is 0.264 e. The van der Waals surface area contributed by atoms with E-state index in [2.05, 4.69) is 15.4 Å². The van der Waals surface area contributed by atoms with Gasteiger partial charge < -0.3 is 10.3 Å². The molecule has 0 aliphatic carbocycles. The van der Waals surface area contributed by atoms with Crippen LogP contribution in [0.2, 0.25) is 0 Å². The van der Waals surface area contributed by atoms with Crippen molar-refractivity contribution in [3.63, 3.8) is 0 Å². The van der Waals surface area contributed by atoms with Crippen molar-refractivity contribution >= 4 is 43.9 Å². The molecule has 0 aliphatic rings. The SMILES string of the molecule is CN(c1ccccc1)S(=O)(=O)c1cccc(NC(=O)c2cnn3c2[nH]c(=O)c2ccccc23)c1. The van der Waals surface area contributed by atoms with Crippen LogP contribution in [0, 0.1) is 0 Å². The van der Waals surface area contributed by atoms with E-state index < -0.39 is 15.9 Å². The normalized spacial score (nSPS) is 11.6. The lowest BCUT2D eigenvalue weighted by atomic mass is 10.2. The average molecular weight is 474 g/mol. The number of nitrogens with zero attached hydrogens (tertiary/aromatic N) is 3. The summed E-state index contributed by atoms with van der Waals surface area (Å²) < 4.78 is 28.9. The number of carbonyl (C=O) groups is 1. The van der Waals surface area contributed by atoms with Crippen molar-refractivity contribution in [1.29, 1.82) is 0 Å². The van der Waals surface area contributed by atoms with Crippen LogP contribution in [0.5, 0.6) is 0 Å². The molecule has 3 aromatic carbocycles. The first-order valence-corrected chi connectivity index (χ1v) is 11.7. The molecule has 9 nitrogen and oxygen atoms in total. The summed E-state index contributed by atoms with van der Waals surface area (Å²) in [5.74, 6) is -0.535. The molecule has 2 heterocycles.